The van der Waals surface area contributed by atoms with E-state index in [1.165, 1.54) is 5.06 Å². The van der Waals surface area contributed by atoms with Crippen molar-refractivity contribution in [2.75, 3.05) is 0 Å². The lowest BCUT2D eigenvalue weighted by Gasteiger charge is -2.36. The number of aliphatic imine (C=N–C) groups is 1. The highest BCUT2D eigenvalue weighted by Gasteiger charge is 2.48. The van der Waals surface area contributed by atoms with E-state index in [0.29, 0.717) is 5.84 Å². The molecule has 0 aliphatic carbocycles. The van der Waals surface area contributed by atoms with E-state index < -0.39 is 5.54 Å². The van der Waals surface area contributed by atoms with Crippen molar-refractivity contribution in [3.05, 3.63) is 42.0 Å². The predicted molar refractivity (Wildman–Crippen MR) is 74.7 cm³/mol. The molecule has 1 aliphatic heterocycles. The fourth-order valence-electron chi connectivity index (χ4n) is 1.86. The highest BCUT2D eigenvalue weighted by atomic mass is 16.5. The summed E-state index contributed by atoms with van der Waals surface area (Å²) in [6.07, 6.45) is 3.81. The van der Waals surface area contributed by atoms with Crippen molar-refractivity contribution in [1.82, 2.24) is 5.06 Å². The Morgan fingerprint density at radius 3 is 2.17 bits per heavy atom. The molecular weight excluding hydrogens is 224 g/mol. The zero-order valence-corrected chi connectivity index (χ0v) is 11.4. The maximum Gasteiger partial charge on any atom is 0.148 e. The van der Waals surface area contributed by atoms with Gasteiger partial charge < -0.3 is 0 Å². The Bertz CT molecular complexity index is 486. The molecule has 1 aromatic carbocycles. The summed E-state index contributed by atoms with van der Waals surface area (Å²) in [6.45, 7) is 8.03. The zero-order valence-electron chi connectivity index (χ0n) is 11.4. The Balaban J connectivity index is 2.24. The van der Waals surface area contributed by atoms with Gasteiger partial charge in [-0.3, -0.25) is 10.2 Å². The molecule has 1 aliphatic rings. The molecule has 0 amide bonds. The van der Waals surface area contributed by atoms with Gasteiger partial charge in [0.2, 0.25) is 0 Å². The molecule has 1 N–H and O–H groups in total. The van der Waals surface area contributed by atoms with Crippen LogP contribution in [0.25, 0.3) is 6.08 Å². The summed E-state index contributed by atoms with van der Waals surface area (Å²) in [5, 5.41) is 11.4. The Kier molecular flexibility index (Phi) is 3.03. The van der Waals surface area contributed by atoms with Crippen LogP contribution in [0, 0.1) is 0 Å². The van der Waals surface area contributed by atoms with Crippen LogP contribution in [-0.4, -0.2) is 27.2 Å². The van der Waals surface area contributed by atoms with Crippen molar-refractivity contribution in [2.24, 2.45) is 4.99 Å². The lowest BCUT2D eigenvalue weighted by molar-refractivity contribution is -0.0989. The van der Waals surface area contributed by atoms with Crippen LogP contribution < -0.4 is 0 Å². The topological polar surface area (TPSA) is 35.8 Å². The molecule has 2 rings (SSSR count). The van der Waals surface area contributed by atoms with E-state index in [-0.39, 0.29) is 5.54 Å². The van der Waals surface area contributed by atoms with E-state index in [2.05, 4.69) is 4.99 Å². The molecule has 96 valence electrons. The van der Waals surface area contributed by atoms with Gasteiger partial charge in [0.05, 0.1) is 11.1 Å². The van der Waals surface area contributed by atoms with E-state index in [9.17, 15) is 5.21 Å². The third-order valence-electron chi connectivity index (χ3n) is 3.86. The minimum Gasteiger partial charge on any atom is -0.286 e. The second-order valence-corrected chi connectivity index (χ2v) is 5.64. The number of hydrogen-bond donors (Lipinski definition) is 1. The molecule has 3 nitrogen and oxygen atoms in total. The quantitative estimate of drug-likeness (QED) is 0.866. The van der Waals surface area contributed by atoms with Crippen LogP contribution in [0.4, 0.5) is 0 Å². The second kappa shape index (κ2) is 4.25. The number of amidine groups is 1. The Hall–Kier alpha value is -1.61. The van der Waals surface area contributed by atoms with Gasteiger partial charge in [-0.2, -0.15) is 0 Å². The summed E-state index contributed by atoms with van der Waals surface area (Å²) in [6, 6.07) is 9.99. The standard InChI is InChI=1S/C15H20N2O/c1-14(2)15(3,4)17(18)13(16-14)11-10-12-8-6-5-7-9-12/h5-11,18H,1-4H3/b11-10+. The zero-order chi connectivity index (χ0) is 13.4. The first-order valence-corrected chi connectivity index (χ1v) is 6.17. The van der Waals surface area contributed by atoms with Crippen LogP contribution in [0.1, 0.15) is 33.3 Å². The summed E-state index contributed by atoms with van der Waals surface area (Å²) in [5.41, 5.74) is 0.387. The summed E-state index contributed by atoms with van der Waals surface area (Å²) in [5.74, 6) is 0.605. The van der Waals surface area contributed by atoms with E-state index in [0.717, 1.165) is 5.56 Å². The van der Waals surface area contributed by atoms with Crippen LogP contribution >= 0.6 is 0 Å². The highest BCUT2D eigenvalue weighted by molar-refractivity contribution is 5.98. The third kappa shape index (κ3) is 2.06. The molecule has 0 spiro atoms. The number of hydrogen-bond acceptors (Lipinski definition) is 3. The van der Waals surface area contributed by atoms with Gasteiger partial charge in [0.1, 0.15) is 5.84 Å². The normalized spacial score (nSPS) is 21.4. The molecule has 1 heterocycles. The van der Waals surface area contributed by atoms with Crippen molar-refractivity contribution >= 4 is 11.9 Å². The van der Waals surface area contributed by atoms with E-state index >= 15 is 0 Å². The molecule has 1 aromatic rings. The molecule has 0 bridgehead atoms. The van der Waals surface area contributed by atoms with Gasteiger partial charge in [-0.05, 0) is 39.3 Å². The second-order valence-electron chi connectivity index (χ2n) is 5.64. The van der Waals surface area contributed by atoms with Crippen molar-refractivity contribution < 1.29 is 5.21 Å². The summed E-state index contributed by atoms with van der Waals surface area (Å²) in [4.78, 5) is 4.58. The minimum atomic E-state index is -0.399. The largest absolute Gasteiger partial charge is 0.286 e. The molecule has 0 saturated carbocycles. The van der Waals surface area contributed by atoms with Crippen LogP contribution in [-0.2, 0) is 0 Å². The van der Waals surface area contributed by atoms with E-state index in [1.54, 1.807) is 0 Å². The van der Waals surface area contributed by atoms with Crippen LogP contribution in [0.5, 0.6) is 0 Å². The lowest BCUT2D eigenvalue weighted by Crippen LogP contribution is -2.51. The lowest BCUT2D eigenvalue weighted by atomic mass is 9.84. The highest BCUT2D eigenvalue weighted by Crippen LogP contribution is 2.36. The first-order chi connectivity index (χ1) is 8.34. The maximum absolute atomic E-state index is 10.2. The van der Waals surface area contributed by atoms with Gasteiger partial charge >= 0.3 is 0 Å². The molecule has 0 fully saturated rings. The fraction of sp³-hybridized carbons (Fsp3) is 0.400. The van der Waals surface area contributed by atoms with Crippen molar-refractivity contribution in [1.29, 1.82) is 0 Å². The molecule has 18 heavy (non-hydrogen) atoms. The summed E-state index contributed by atoms with van der Waals surface area (Å²) >= 11 is 0. The number of rotatable bonds is 2. The number of benzene rings is 1. The first-order valence-electron chi connectivity index (χ1n) is 6.17. The third-order valence-corrected chi connectivity index (χ3v) is 3.86. The average molecular weight is 244 g/mol. The van der Waals surface area contributed by atoms with Gasteiger partial charge in [-0.25, -0.2) is 5.06 Å². The van der Waals surface area contributed by atoms with Gasteiger partial charge in [0, 0.05) is 0 Å². The fourth-order valence-corrected chi connectivity index (χ4v) is 1.86. The van der Waals surface area contributed by atoms with Crippen molar-refractivity contribution in [3.8, 4) is 0 Å². The summed E-state index contributed by atoms with van der Waals surface area (Å²) in [7, 11) is 0. The molecule has 0 atom stereocenters. The molecule has 0 radical (unpaired) electrons. The van der Waals surface area contributed by atoms with Crippen molar-refractivity contribution in [3.63, 3.8) is 0 Å². The smallest absolute Gasteiger partial charge is 0.148 e. The van der Waals surface area contributed by atoms with Gasteiger partial charge in [0.15, 0.2) is 0 Å². The monoisotopic (exact) mass is 244 g/mol. The predicted octanol–water partition coefficient (Wildman–Crippen LogP) is 3.36. The number of nitrogens with zero attached hydrogens (tertiary/aromatic N) is 2. The molecular formula is C15H20N2O. The van der Waals surface area contributed by atoms with Crippen LogP contribution in [0.15, 0.2) is 41.4 Å². The maximum atomic E-state index is 10.2. The van der Waals surface area contributed by atoms with Crippen molar-refractivity contribution in [2.45, 2.75) is 38.8 Å². The summed E-state index contributed by atoms with van der Waals surface area (Å²) < 4.78 is 0. The van der Waals surface area contributed by atoms with E-state index in [4.69, 9.17) is 0 Å². The van der Waals surface area contributed by atoms with Gasteiger partial charge in [-0.15, -0.1) is 0 Å². The molecule has 3 heteroatoms. The van der Waals surface area contributed by atoms with Gasteiger partial charge in [0.25, 0.3) is 0 Å². The Labute approximate surface area is 108 Å². The minimum absolute atomic E-state index is 0.307. The van der Waals surface area contributed by atoms with Gasteiger partial charge in [-0.1, -0.05) is 36.4 Å². The SMILES string of the molecule is CC1(C)N=C(/C=C/c2ccccc2)N(O)C1(C)C. The van der Waals surface area contributed by atoms with E-state index in [1.807, 2.05) is 70.2 Å². The van der Waals surface area contributed by atoms with Crippen LogP contribution in [0.3, 0.4) is 0 Å². The average Bonchev–Trinajstić information content (AvgIpc) is 2.48. The molecule has 0 aromatic heterocycles. The molecule has 0 saturated heterocycles. The Morgan fingerprint density at radius 1 is 1.06 bits per heavy atom. The first kappa shape index (κ1) is 12.8. The molecule has 0 unspecified atom stereocenters. The van der Waals surface area contributed by atoms with Crippen LogP contribution in [0.2, 0.25) is 0 Å². The number of hydroxylamine groups is 2. The Morgan fingerprint density at radius 2 is 1.67 bits per heavy atom.